The van der Waals surface area contributed by atoms with E-state index in [1.54, 1.807) is 0 Å². The second-order valence-electron chi connectivity index (χ2n) is 6.32. The molecular formula is C15H26N2OSi. The molecule has 0 saturated heterocycles. The van der Waals surface area contributed by atoms with Gasteiger partial charge in [-0.3, -0.25) is 0 Å². The monoisotopic (exact) mass is 278 g/mol. The molecule has 0 amide bonds. The Bertz CT molecular complexity index is 476. The first-order valence-electron chi connectivity index (χ1n) is 6.75. The number of nitrogens with one attached hydrogen (secondary N) is 1. The summed E-state index contributed by atoms with van der Waals surface area (Å²) >= 11 is 0. The molecule has 0 aromatic heterocycles. The molecule has 0 atom stereocenters. The van der Waals surface area contributed by atoms with Crippen LogP contribution in [0.1, 0.15) is 38.3 Å². The van der Waals surface area contributed by atoms with E-state index in [-0.39, 0.29) is 0 Å². The molecule has 0 radical (unpaired) electrons. The van der Waals surface area contributed by atoms with E-state index in [1.165, 1.54) is 0 Å². The molecule has 3 nitrogen and oxygen atoms in total. The molecule has 0 aliphatic heterocycles. The standard InChI is InChI=1S/C15H26N2OSi/c1-7-13(16)11-9-8-10-12(14(11)17)15(2,3)18-19(4,5)6/h8-10,16H,7,17H2,1-6H3. The Kier molecular flexibility index (Phi) is 4.58. The maximum atomic E-state index is 7.99. The largest absolute Gasteiger partial charge is 0.409 e. The molecule has 1 aromatic carbocycles. The van der Waals surface area contributed by atoms with Crippen molar-refractivity contribution in [3.05, 3.63) is 29.3 Å². The molecule has 106 valence electrons. The predicted molar refractivity (Wildman–Crippen MR) is 85.4 cm³/mol. The maximum Gasteiger partial charge on any atom is 0.184 e. The van der Waals surface area contributed by atoms with Crippen LogP contribution in [0.5, 0.6) is 0 Å². The van der Waals surface area contributed by atoms with Crippen LogP contribution in [0.4, 0.5) is 5.69 Å². The summed E-state index contributed by atoms with van der Waals surface area (Å²) in [5.74, 6) is 0. The van der Waals surface area contributed by atoms with Crippen LogP contribution < -0.4 is 5.73 Å². The Labute approximate surface area is 117 Å². The third-order valence-corrected chi connectivity index (χ3v) is 4.12. The van der Waals surface area contributed by atoms with E-state index < -0.39 is 13.9 Å². The van der Waals surface area contributed by atoms with E-state index >= 15 is 0 Å². The van der Waals surface area contributed by atoms with Gasteiger partial charge in [0.1, 0.15) is 0 Å². The number of hydrogen-bond acceptors (Lipinski definition) is 3. The van der Waals surface area contributed by atoms with Crippen LogP contribution in [-0.4, -0.2) is 14.0 Å². The smallest absolute Gasteiger partial charge is 0.184 e. The average molecular weight is 278 g/mol. The van der Waals surface area contributed by atoms with Crippen LogP contribution in [0.15, 0.2) is 18.2 Å². The lowest BCUT2D eigenvalue weighted by Crippen LogP contribution is -2.37. The zero-order valence-electron chi connectivity index (χ0n) is 12.9. The quantitative estimate of drug-likeness (QED) is 0.483. The summed E-state index contributed by atoms with van der Waals surface area (Å²) in [7, 11) is -1.66. The van der Waals surface area contributed by atoms with Crippen LogP contribution in [0, 0.1) is 5.41 Å². The van der Waals surface area contributed by atoms with Gasteiger partial charge in [0.2, 0.25) is 0 Å². The first-order chi connectivity index (χ1) is 8.58. The van der Waals surface area contributed by atoms with Gasteiger partial charge in [0.25, 0.3) is 0 Å². The van der Waals surface area contributed by atoms with Gasteiger partial charge in [-0.1, -0.05) is 25.1 Å². The fourth-order valence-electron chi connectivity index (χ4n) is 2.36. The summed E-state index contributed by atoms with van der Waals surface area (Å²) in [6.07, 6.45) is 0.683. The zero-order valence-corrected chi connectivity index (χ0v) is 13.9. The minimum atomic E-state index is -1.66. The lowest BCUT2D eigenvalue weighted by atomic mass is 9.92. The van der Waals surface area contributed by atoms with Gasteiger partial charge in [0, 0.05) is 22.5 Å². The molecule has 0 aliphatic carbocycles. The predicted octanol–water partition coefficient (Wildman–Crippen LogP) is 4.13. The van der Waals surface area contributed by atoms with Gasteiger partial charge >= 0.3 is 0 Å². The molecule has 19 heavy (non-hydrogen) atoms. The highest BCUT2D eigenvalue weighted by Crippen LogP contribution is 2.34. The van der Waals surface area contributed by atoms with Crippen molar-refractivity contribution in [3.63, 3.8) is 0 Å². The summed E-state index contributed by atoms with van der Waals surface area (Å²) < 4.78 is 6.25. The molecule has 0 spiro atoms. The lowest BCUT2D eigenvalue weighted by Gasteiger charge is -2.34. The molecule has 0 fully saturated rings. The Morgan fingerprint density at radius 3 is 2.37 bits per heavy atom. The topological polar surface area (TPSA) is 59.1 Å². The summed E-state index contributed by atoms with van der Waals surface area (Å²) in [4.78, 5) is 0. The highest BCUT2D eigenvalue weighted by atomic mass is 28.4. The van der Waals surface area contributed by atoms with Crippen molar-refractivity contribution in [1.29, 1.82) is 5.41 Å². The minimum absolute atomic E-state index is 0.418. The van der Waals surface area contributed by atoms with E-state index in [9.17, 15) is 0 Å². The van der Waals surface area contributed by atoms with Gasteiger partial charge in [0.15, 0.2) is 8.32 Å². The molecule has 1 rings (SSSR count). The molecule has 0 unspecified atom stereocenters. The summed E-state index contributed by atoms with van der Waals surface area (Å²) in [5.41, 5.74) is 8.90. The summed E-state index contributed by atoms with van der Waals surface area (Å²) in [5, 5.41) is 7.99. The number of para-hydroxylation sites is 1. The fraction of sp³-hybridized carbons (Fsp3) is 0.533. The van der Waals surface area contributed by atoms with Gasteiger partial charge in [-0.15, -0.1) is 0 Å². The first-order valence-corrected chi connectivity index (χ1v) is 10.2. The number of rotatable bonds is 5. The Morgan fingerprint density at radius 1 is 1.32 bits per heavy atom. The molecule has 4 heteroatoms. The fourth-order valence-corrected chi connectivity index (χ4v) is 4.01. The van der Waals surface area contributed by atoms with Crippen LogP contribution in [0.2, 0.25) is 19.6 Å². The van der Waals surface area contributed by atoms with E-state index in [0.29, 0.717) is 17.8 Å². The number of benzene rings is 1. The van der Waals surface area contributed by atoms with Crippen molar-refractivity contribution in [3.8, 4) is 0 Å². The normalized spacial score (nSPS) is 12.5. The molecule has 0 saturated carbocycles. The lowest BCUT2D eigenvalue weighted by molar-refractivity contribution is 0.101. The molecule has 3 N–H and O–H groups in total. The number of nitrogen functional groups attached to an aromatic ring is 1. The van der Waals surface area contributed by atoms with E-state index in [4.69, 9.17) is 15.6 Å². The highest BCUT2D eigenvalue weighted by Gasteiger charge is 2.31. The Hall–Kier alpha value is -1.13. The highest BCUT2D eigenvalue weighted by molar-refractivity contribution is 6.69. The van der Waals surface area contributed by atoms with E-state index in [1.807, 2.05) is 25.1 Å². The molecule has 1 aromatic rings. The van der Waals surface area contributed by atoms with Crippen LogP contribution in [0.25, 0.3) is 0 Å². The second-order valence-corrected chi connectivity index (χ2v) is 10.8. The van der Waals surface area contributed by atoms with Crippen LogP contribution in [-0.2, 0) is 10.0 Å². The summed E-state index contributed by atoms with van der Waals surface area (Å²) in [6, 6.07) is 5.87. The van der Waals surface area contributed by atoms with Gasteiger partial charge in [-0.05, 0) is 39.9 Å². The van der Waals surface area contributed by atoms with Crippen molar-refractivity contribution in [1.82, 2.24) is 0 Å². The van der Waals surface area contributed by atoms with Gasteiger partial charge in [-0.25, -0.2) is 0 Å². The number of anilines is 1. The SMILES string of the molecule is CCC(=N)c1cccc(C(C)(C)O[Si](C)(C)C)c1N. The first kappa shape index (κ1) is 15.9. The Morgan fingerprint density at radius 2 is 1.89 bits per heavy atom. The average Bonchev–Trinajstić information content (AvgIpc) is 2.24. The molecule has 0 heterocycles. The van der Waals surface area contributed by atoms with Gasteiger partial charge in [-0.2, -0.15) is 0 Å². The van der Waals surface area contributed by atoms with E-state index in [2.05, 4.69) is 33.5 Å². The Balaban J connectivity index is 3.24. The van der Waals surface area contributed by atoms with Crippen molar-refractivity contribution in [2.24, 2.45) is 0 Å². The molecular weight excluding hydrogens is 252 g/mol. The van der Waals surface area contributed by atoms with E-state index in [0.717, 1.165) is 11.1 Å². The van der Waals surface area contributed by atoms with Gasteiger partial charge < -0.3 is 15.6 Å². The van der Waals surface area contributed by atoms with Crippen molar-refractivity contribution in [2.45, 2.75) is 52.4 Å². The molecule has 0 bridgehead atoms. The van der Waals surface area contributed by atoms with Crippen LogP contribution in [0.3, 0.4) is 0 Å². The van der Waals surface area contributed by atoms with Crippen LogP contribution >= 0.6 is 0 Å². The van der Waals surface area contributed by atoms with Crippen molar-refractivity contribution >= 4 is 19.7 Å². The minimum Gasteiger partial charge on any atom is -0.409 e. The van der Waals surface area contributed by atoms with Gasteiger partial charge in [0.05, 0.1) is 5.60 Å². The third kappa shape index (κ3) is 3.91. The maximum absolute atomic E-state index is 7.99. The second kappa shape index (κ2) is 5.47. The van der Waals surface area contributed by atoms with Crippen molar-refractivity contribution < 1.29 is 4.43 Å². The third-order valence-electron chi connectivity index (χ3n) is 2.99. The zero-order chi connectivity index (χ0) is 14.8. The molecule has 0 aliphatic rings. The number of nitrogens with two attached hydrogens (primary N) is 1. The summed E-state index contributed by atoms with van der Waals surface area (Å²) in [6.45, 7) is 12.6. The number of hydrogen-bond donors (Lipinski definition) is 2. The van der Waals surface area contributed by atoms with Crippen molar-refractivity contribution in [2.75, 3.05) is 5.73 Å².